The molecule has 96 valence electrons. The van der Waals surface area contributed by atoms with Crippen molar-refractivity contribution in [3.05, 3.63) is 0 Å². The van der Waals surface area contributed by atoms with Gasteiger partial charge >= 0.3 is 0 Å². The highest BCUT2D eigenvalue weighted by Gasteiger charge is 2.19. The van der Waals surface area contributed by atoms with E-state index in [1.54, 1.807) is 0 Å². The minimum Gasteiger partial charge on any atom is -0.374 e. The average Bonchev–Trinajstić information content (AvgIpc) is 2.30. The van der Waals surface area contributed by atoms with Crippen LogP contribution in [0.4, 0.5) is 0 Å². The van der Waals surface area contributed by atoms with Crippen LogP contribution in [0.25, 0.3) is 0 Å². The molecule has 3 heteroatoms. The highest BCUT2D eigenvalue weighted by molar-refractivity contribution is 4.66. The summed E-state index contributed by atoms with van der Waals surface area (Å²) in [5.41, 5.74) is 0. The van der Waals surface area contributed by atoms with Crippen LogP contribution < -0.4 is 5.32 Å². The summed E-state index contributed by atoms with van der Waals surface area (Å²) in [5.74, 6) is 0. The Kier molecular flexibility index (Phi) is 7.81. The molecule has 1 fully saturated rings. The van der Waals surface area contributed by atoms with Crippen molar-refractivity contribution in [3.8, 4) is 0 Å². The van der Waals surface area contributed by atoms with Crippen molar-refractivity contribution < 1.29 is 9.47 Å². The van der Waals surface area contributed by atoms with E-state index in [1.165, 1.54) is 38.5 Å². The normalized spacial score (nSPS) is 30.4. The van der Waals surface area contributed by atoms with E-state index in [1.807, 2.05) is 7.05 Å². The fraction of sp³-hybridized carbons (Fsp3) is 1.00. The van der Waals surface area contributed by atoms with Crippen LogP contribution in [0, 0.1) is 0 Å². The molecule has 1 N–H and O–H groups in total. The van der Waals surface area contributed by atoms with Crippen LogP contribution in [-0.2, 0) is 9.47 Å². The number of likely N-dealkylation sites (N-methyl/N-ethyl adjacent to an activating group) is 1. The second-order valence-corrected chi connectivity index (χ2v) is 4.52. The predicted octanol–water partition coefficient (Wildman–Crippen LogP) is 2.70. The summed E-state index contributed by atoms with van der Waals surface area (Å²) in [6.45, 7) is 3.88. The molecule has 1 saturated heterocycles. The Morgan fingerprint density at radius 1 is 0.938 bits per heavy atom. The van der Waals surface area contributed by atoms with Gasteiger partial charge in [0.2, 0.25) is 0 Å². The third kappa shape index (κ3) is 5.28. The first-order chi connectivity index (χ1) is 7.88. The van der Waals surface area contributed by atoms with E-state index in [2.05, 4.69) is 12.2 Å². The summed E-state index contributed by atoms with van der Waals surface area (Å²) in [7, 11) is 1.95. The van der Waals surface area contributed by atoms with E-state index in [-0.39, 0.29) is 12.3 Å². The van der Waals surface area contributed by atoms with Crippen molar-refractivity contribution >= 4 is 0 Å². The van der Waals surface area contributed by atoms with Gasteiger partial charge in [-0.25, -0.2) is 0 Å². The van der Waals surface area contributed by atoms with Crippen molar-refractivity contribution in [3.63, 3.8) is 0 Å². The van der Waals surface area contributed by atoms with Crippen LogP contribution in [0.2, 0.25) is 0 Å². The molecule has 3 nitrogen and oxygen atoms in total. The maximum Gasteiger partial charge on any atom is 0.134 e. The quantitative estimate of drug-likeness (QED) is 0.789. The fourth-order valence-electron chi connectivity index (χ4n) is 2.15. The van der Waals surface area contributed by atoms with Gasteiger partial charge in [0.05, 0.1) is 6.10 Å². The van der Waals surface area contributed by atoms with E-state index in [0.717, 1.165) is 19.6 Å². The summed E-state index contributed by atoms with van der Waals surface area (Å²) < 4.78 is 11.7. The molecule has 0 aromatic carbocycles. The number of rotatable bonds is 2. The van der Waals surface area contributed by atoms with Crippen LogP contribution in [0.1, 0.15) is 51.9 Å². The van der Waals surface area contributed by atoms with Gasteiger partial charge in [0.15, 0.2) is 0 Å². The van der Waals surface area contributed by atoms with Gasteiger partial charge in [0.25, 0.3) is 0 Å². The molecule has 1 aliphatic heterocycles. The molecule has 0 aromatic heterocycles. The van der Waals surface area contributed by atoms with Gasteiger partial charge in [-0.1, -0.05) is 32.6 Å². The number of ether oxygens (including phenoxy) is 2. The number of hydrogen-bond donors (Lipinski definition) is 1. The summed E-state index contributed by atoms with van der Waals surface area (Å²) >= 11 is 0. The van der Waals surface area contributed by atoms with E-state index in [0.29, 0.717) is 0 Å². The zero-order chi connectivity index (χ0) is 11.6. The molecule has 0 aromatic rings. The summed E-state index contributed by atoms with van der Waals surface area (Å²) in [6.07, 6.45) is 8.91. The Balaban J connectivity index is 2.38. The average molecular weight is 229 g/mol. The Hall–Kier alpha value is -0.120. The molecule has 0 spiro atoms. The maximum atomic E-state index is 5.88. The first-order valence-corrected chi connectivity index (χ1v) is 6.79. The lowest BCUT2D eigenvalue weighted by molar-refractivity contribution is -0.0884. The zero-order valence-electron chi connectivity index (χ0n) is 10.8. The monoisotopic (exact) mass is 229 g/mol. The van der Waals surface area contributed by atoms with Crippen molar-refractivity contribution in [2.45, 2.75) is 64.2 Å². The molecule has 0 saturated carbocycles. The highest BCUT2D eigenvalue weighted by Crippen LogP contribution is 2.12. The summed E-state index contributed by atoms with van der Waals surface area (Å²) in [5, 5.41) is 3.21. The lowest BCUT2D eigenvalue weighted by Crippen LogP contribution is -2.41. The first-order valence-electron chi connectivity index (χ1n) is 6.79. The molecule has 0 aliphatic carbocycles. The van der Waals surface area contributed by atoms with Gasteiger partial charge in [-0.2, -0.15) is 0 Å². The smallest absolute Gasteiger partial charge is 0.134 e. The molecule has 0 amide bonds. The van der Waals surface area contributed by atoms with Crippen LogP contribution >= 0.6 is 0 Å². The Bertz CT molecular complexity index is 146. The molecular weight excluding hydrogens is 202 g/mol. The van der Waals surface area contributed by atoms with Gasteiger partial charge in [-0.3, -0.25) is 5.32 Å². The molecule has 1 aliphatic rings. The van der Waals surface area contributed by atoms with E-state index in [4.69, 9.17) is 9.47 Å². The standard InChI is InChI=1S/C13H27NO2/c1-3-12-13(14-2)16-11-9-7-5-4-6-8-10-15-12/h12-14H,3-11H2,1-2H3. The topological polar surface area (TPSA) is 30.5 Å². The second-order valence-electron chi connectivity index (χ2n) is 4.52. The van der Waals surface area contributed by atoms with Crippen molar-refractivity contribution in [2.75, 3.05) is 20.3 Å². The lowest BCUT2D eigenvalue weighted by atomic mass is 10.1. The molecule has 1 heterocycles. The van der Waals surface area contributed by atoms with Gasteiger partial charge in [0, 0.05) is 13.2 Å². The zero-order valence-corrected chi connectivity index (χ0v) is 10.8. The molecule has 16 heavy (non-hydrogen) atoms. The third-order valence-corrected chi connectivity index (χ3v) is 3.19. The highest BCUT2D eigenvalue weighted by atomic mass is 16.5. The number of hydrogen-bond acceptors (Lipinski definition) is 3. The number of nitrogens with one attached hydrogen (secondary N) is 1. The largest absolute Gasteiger partial charge is 0.374 e. The van der Waals surface area contributed by atoms with Crippen LogP contribution in [0.5, 0.6) is 0 Å². The fourth-order valence-corrected chi connectivity index (χ4v) is 2.15. The maximum absolute atomic E-state index is 5.88. The van der Waals surface area contributed by atoms with Gasteiger partial charge < -0.3 is 9.47 Å². The van der Waals surface area contributed by atoms with Gasteiger partial charge in [0.1, 0.15) is 6.23 Å². The first kappa shape index (κ1) is 13.9. The predicted molar refractivity (Wildman–Crippen MR) is 66.5 cm³/mol. The molecule has 0 radical (unpaired) electrons. The van der Waals surface area contributed by atoms with Crippen LogP contribution in [0.15, 0.2) is 0 Å². The summed E-state index contributed by atoms with van der Waals surface area (Å²) in [6, 6.07) is 0. The van der Waals surface area contributed by atoms with E-state index >= 15 is 0 Å². The minimum atomic E-state index is 0.0597. The molecule has 0 bridgehead atoms. The van der Waals surface area contributed by atoms with Gasteiger partial charge in [-0.05, 0) is 26.3 Å². The molecular formula is C13H27NO2. The van der Waals surface area contributed by atoms with Gasteiger partial charge in [-0.15, -0.1) is 0 Å². The molecule has 2 atom stereocenters. The van der Waals surface area contributed by atoms with E-state index < -0.39 is 0 Å². The molecule has 2 unspecified atom stereocenters. The summed E-state index contributed by atoms with van der Waals surface area (Å²) in [4.78, 5) is 0. The third-order valence-electron chi connectivity index (χ3n) is 3.19. The van der Waals surface area contributed by atoms with E-state index in [9.17, 15) is 0 Å². The van der Waals surface area contributed by atoms with Crippen LogP contribution in [-0.4, -0.2) is 32.6 Å². The van der Waals surface area contributed by atoms with Crippen LogP contribution in [0.3, 0.4) is 0 Å². The SMILES string of the molecule is CCC1OCCCCCCCCOC1NC. The van der Waals surface area contributed by atoms with Crippen molar-refractivity contribution in [1.29, 1.82) is 0 Å². The molecule has 1 rings (SSSR count). The van der Waals surface area contributed by atoms with Crippen molar-refractivity contribution in [2.24, 2.45) is 0 Å². The minimum absolute atomic E-state index is 0.0597. The Morgan fingerprint density at radius 2 is 1.50 bits per heavy atom. The Labute approximate surface area is 99.9 Å². The Morgan fingerprint density at radius 3 is 2.06 bits per heavy atom. The van der Waals surface area contributed by atoms with Crippen molar-refractivity contribution in [1.82, 2.24) is 5.32 Å². The second kappa shape index (κ2) is 8.97. The lowest BCUT2D eigenvalue weighted by Gasteiger charge is -2.26.